The van der Waals surface area contributed by atoms with Gasteiger partial charge in [0.05, 0.1) is 5.02 Å². The number of carbonyl (C=O) groups excluding carboxylic acids is 2. The smallest absolute Gasteiger partial charge is 0.201 e. The second kappa shape index (κ2) is 6.20. The highest BCUT2D eigenvalue weighted by atomic mass is 35.5. The molecule has 5 heteroatoms. The van der Waals surface area contributed by atoms with Gasteiger partial charge in [-0.25, -0.2) is 0 Å². The maximum absolute atomic E-state index is 12.1. The zero-order valence-electron chi connectivity index (χ0n) is 11.1. The molecule has 3 nitrogen and oxygen atoms in total. The van der Waals surface area contributed by atoms with Crippen LogP contribution in [-0.4, -0.2) is 18.7 Å². The molecule has 2 aromatic rings. The van der Waals surface area contributed by atoms with Crippen LogP contribution in [0.4, 0.5) is 0 Å². The van der Waals surface area contributed by atoms with Crippen molar-refractivity contribution in [2.24, 2.45) is 0 Å². The molecule has 0 N–H and O–H groups in total. The molecule has 1 heterocycles. The number of ether oxygens (including phenoxy) is 1. The van der Waals surface area contributed by atoms with Crippen molar-refractivity contribution in [2.75, 3.05) is 6.61 Å². The van der Waals surface area contributed by atoms with E-state index in [2.05, 4.69) is 0 Å². The molecular formula is C15H13ClO3S. The largest absolute Gasteiger partial charge is 0.484 e. The van der Waals surface area contributed by atoms with Gasteiger partial charge in [0.2, 0.25) is 5.78 Å². The summed E-state index contributed by atoms with van der Waals surface area (Å²) in [4.78, 5) is 24.8. The monoisotopic (exact) mass is 308 g/mol. The Morgan fingerprint density at radius 1 is 1.35 bits per heavy atom. The Hall–Kier alpha value is -1.65. The highest BCUT2D eigenvalue weighted by Gasteiger charge is 2.13. The van der Waals surface area contributed by atoms with Gasteiger partial charge >= 0.3 is 0 Å². The topological polar surface area (TPSA) is 43.4 Å². The standard InChI is InChI=1S/C15H13ClO3S/c1-9-5-12(10(2)20-9)14(18)8-19-15-4-3-11(7-17)6-13(15)16/h3-7H,8H2,1-2H3. The van der Waals surface area contributed by atoms with Crippen LogP contribution in [-0.2, 0) is 0 Å². The molecule has 1 aromatic heterocycles. The molecule has 0 spiro atoms. The van der Waals surface area contributed by atoms with Gasteiger partial charge in [-0.15, -0.1) is 11.3 Å². The van der Waals surface area contributed by atoms with Gasteiger partial charge in [0.1, 0.15) is 12.0 Å². The zero-order valence-corrected chi connectivity index (χ0v) is 12.7. The summed E-state index contributed by atoms with van der Waals surface area (Å²) in [5.74, 6) is 0.317. The van der Waals surface area contributed by atoms with E-state index in [1.54, 1.807) is 23.5 Å². The van der Waals surface area contributed by atoms with E-state index in [0.29, 0.717) is 28.2 Å². The molecular weight excluding hydrogens is 296 g/mol. The molecule has 0 atom stereocenters. The minimum Gasteiger partial charge on any atom is -0.484 e. The quantitative estimate of drug-likeness (QED) is 0.617. The van der Waals surface area contributed by atoms with Crippen LogP contribution < -0.4 is 4.74 Å². The molecule has 0 aliphatic carbocycles. The summed E-state index contributed by atoms with van der Waals surface area (Å²) in [6.45, 7) is 3.80. The summed E-state index contributed by atoms with van der Waals surface area (Å²) in [5.41, 5.74) is 1.16. The van der Waals surface area contributed by atoms with Gasteiger partial charge in [0, 0.05) is 20.9 Å². The Labute approximate surface area is 126 Å². The lowest BCUT2D eigenvalue weighted by atomic mass is 10.2. The van der Waals surface area contributed by atoms with Crippen molar-refractivity contribution in [3.8, 4) is 5.75 Å². The number of Topliss-reactive ketones (excluding diaryl/α,β-unsaturated/α-hetero) is 1. The average Bonchev–Trinajstić information content (AvgIpc) is 2.76. The number of hydrogen-bond donors (Lipinski definition) is 0. The third-order valence-corrected chi connectivity index (χ3v) is 4.05. The highest BCUT2D eigenvalue weighted by molar-refractivity contribution is 7.12. The number of carbonyl (C=O) groups is 2. The first kappa shape index (κ1) is 14.8. The fraction of sp³-hybridized carbons (Fsp3) is 0.200. The van der Waals surface area contributed by atoms with E-state index in [-0.39, 0.29) is 12.4 Å². The Balaban J connectivity index is 2.07. The van der Waals surface area contributed by atoms with Crippen molar-refractivity contribution >= 4 is 35.0 Å². The van der Waals surface area contributed by atoms with Crippen LogP contribution in [0, 0.1) is 13.8 Å². The summed E-state index contributed by atoms with van der Waals surface area (Å²) in [6, 6.07) is 6.56. The number of aryl methyl sites for hydroxylation is 2. The van der Waals surface area contributed by atoms with Crippen molar-refractivity contribution < 1.29 is 14.3 Å². The van der Waals surface area contributed by atoms with E-state index in [1.807, 2.05) is 19.9 Å². The number of halogens is 1. The summed E-state index contributed by atoms with van der Waals surface area (Å²) in [7, 11) is 0. The van der Waals surface area contributed by atoms with Crippen molar-refractivity contribution in [2.45, 2.75) is 13.8 Å². The first-order valence-corrected chi connectivity index (χ1v) is 7.18. The number of ketones is 1. The van der Waals surface area contributed by atoms with Gasteiger partial charge in [0.25, 0.3) is 0 Å². The average molecular weight is 309 g/mol. The van der Waals surface area contributed by atoms with Crippen LogP contribution in [0.1, 0.15) is 30.5 Å². The molecule has 0 aliphatic rings. The number of thiophene rings is 1. The first-order valence-electron chi connectivity index (χ1n) is 5.99. The van der Waals surface area contributed by atoms with Gasteiger partial charge in [-0.1, -0.05) is 11.6 Å². The number of benzene rings is 1. The van der Waals surface area contributed by atoms with Crippen LogP contribution in [0.2, 0.25) is 5.02 Å². The third kappa shape index (κ3) is 3.26. The lowest BCUT2D eigenvalue weighted by Gasteiger charge is -2.07. The molecule has 104 valence electrons. The second-order valence-corrected chi connectivity index (χ2v) is 6.21. The lowest BCUT2D eigenvalue weighted by Crippen LogP contribution is -2.12. The Kier molecular flexibility index (Phi) is 4.57. The fourth-order valence-electron chi connectivity index (χ4n) is 1.84. The molecule has 0 fully saturated rings. The van der Waals surface area contributed by atoms with Gasteiger partial charge in [-0.2, -0.15) is 0 Å². The Bertz CT molecular complexity index is 661. The summed E-state index contributed by atoms with van der Waals surface area (Å²) >= 11 is 7.57. The van der Waals surface area contributed by atoms with Gasteiger partial charge in [-0.3, -0.25) is 9.59 Å². The lowest BCUT2D eigenvalue weighted by molar-refractivity contribution is 0.0921. The minimum absolute atomic E-state index is 0.0723. The van der Waals surface area contributed by atoms with Crippen molar-refractivity contribution in [3.05, 3.63) is 50.2 Å². The molecule has 0 unspecified atom stereocenters. The van der Waals surface area contributed by atoms with Gasteiger partial charge in [-0.05, 0) is 38.1 Å². The molecule has 2 rings (SSSR count). The van der Waals surface area contributed by atoms with Crippen molar-refractivity contribution in [3.63, 3.8) is 0 Å². The molecule has 0 radical (unpaired) electrons. The van der Waals surface area contributed by atoms with Crippen LogP contribution in [0.15, 0.2) is 24.3 Å². The molecule has 0 saturated carbocycles. The number of aldehydes is 1. The van der Waals surface area contributed by atoms with E-state index < -0.39 is 0 Å². The first-order chi connectivity index (χ1) is 9.51. The molecule has 0 aliphatic heterocycles. The number of hydrogen-bond acceptors (Lipinski definition) is 4. The van der Waals surface area contributed by atoms with Gasteiger partial charge < -0.3 is 4.74 Å². The van der Waals surface area contributed by atoms with E-state index in [4.69, 9.17) is 16.3 Å². The highest BCUT2D eigenvalue weighted by Crippen LogP contribution is 2.26. The third-order valence-electron chi connectivity index (χ3n) is 2.79. The van der Waals surface area contributed by atoms with Crippen LogP contribution in [0.3, 0.4) is 0 Å². The maximum Gasteiger partial charge on any atom is 0.201 e. The molecule has 20 heavy (non-hydrogen) atoms. The van der Waals surface area contributed by atoms with E-state index in [9.17, 15) is 9.59 Å². The van der Waals surface area contributed by atoms with Gasteiger partial charge in [0.15, 0.2) is 6.61 Å². The molecule has 0 saturated heterocycles. The predicted octanol–water partition coefficient (Wildman–Crippen LogP) is 4.09. The van der Waals surface area contributed by atoms with Crippen LogP contribution >= 0.6 is 22.9 Å². The Morgan fingerprint density at radius 3 is 2.65 bits per heavy atom. The number of rotatable bonds is 5. The predicted molar refractivity (Wildman–Crippen MR) is 80.5 cm³/mol. The Morgan fingerprint density at radius 2 is 2.10 bits per heavy atom. The zero-order chi connectivity index (χ0) is 14.7. The SMILES string of the molecule is Cc1cc(C(=O)COc2ccc(C=O)cc2Cl)c(C)s1. The maximum atomic E-state index is 12.1. The van der Waals surface area contributed by atoms with E-state index in [1.165, 1.54) is 6.07 Å². The van der Waals surface area contributed by atoms with Crippen LogP contribution in [0.5, 0.6) is 5.75 Å². The van der Waals surface area contributed by atoms with Crippen molar-refractivity contribution in [1.82, 2.24) is 0 Å². The van der Waals surface area contributed by atoms with E-state index in [0.717, 1.165) is 9.75 Å². The summed E-state index contributed by atoms with van der Waals surface area (Å²) in [6.07, 6.45) is 0.707. The summed E-state index contributed by atoms with van der Waals surface area (Å²) < 4.78 is 5.42. The fourth-order valence-corrected chi connectivity index (χ4v) is 3.02. The summed E-state index contributed by atoms with van der Waals surface area (Å²) in [5, 5.41) is 0.320. The molecule has 0 amide bonds. The van der Waals surface area contributed by atoms with Crippen LogP contribution in [0.25, 0.3) is 0 Å². The molecule has 1 aromatic carbocycles. The second-order valence-electron chi connectivity index (χ2n) is 4.35. The van der Waals surface area contributed by atoms with E-state index >= 15 is 0 Å². The normalized spacial score (nSPS) is 10.3. The molecule has 0 bridgehead atoms. The minimum atomic E-state index is -0.0811. The van der Waals surface area contributed by atoms with Crippen molar-refractivity contribution in [1.29, 1.82) is 0 Å².